The van der Waals surface area contributed by atoms with Crippen LogP contribution >= 0.6 is 0 Å². The first-order valence-electron chi connectivity index (χ1n) is 5.42. The number of aliphatic hydroxyl groups excluding tert-OH is 1. The predicted molar refractivity (Wildman–Crippen MR) is 59.2 cm³/mol. The van der Waals surface area contributed by atoms with Crippen molar-refractivity contribution in [3.63, 3.8) is 0 Å². The number of carbonyl (C=O) groups excluding carboxylic acids is 1. The van der Waals surface area contributed by atoms with Crippen molar-refractivity contribution in [2.75, 3.05) is 19.7 Å². The number of hydrogen-bond donors (Lipinski definition) is 3. The normalized spacial score (nSPS) is 11.9. The number of rotatable bonds is 7. The molecule has 0 saturated heterocycles. The summed E-state index contributed by atoms with van der Waals surface area (Å²) in [5.74, 6) is -1.08. The van der Waals surface area contributed by atoms with E-state index >= 15 is 0 Å². The summed E-state index contributed by atoms with van der Waals surface area (Å²) in [7, 11) is 0. The Labute approximate surface area is 95.2 Å². The van der Waals surface area contributed by atoms with Crippen LogP contribution in [-0.2, 0) is 4.79 Å². The molecule has 16 heavy (non-hydrogen) atoms. The van der Waals surface area contributed by atoms with E-state index in [1.165, 1.54) is 11.8 Å². The zero-order valence-electron chi connectivity index (χ0n) is 9.77. The summed E-state index contributed by atoms with van der Waals surface area (Å²) < 4.78 is 0. The number of carboxylic acids is 1. The van der Waals surface area contributed by atoms with Crippen molar-refractivity contribution >= 4 is 12.0 Å². The van der Waals surface area contributed by atoms with E-state index in [9.17, 15) is 9.59 Å². The van der Waals surface area contributed by atoms with Crippen LogP contribution in [0.2, 0.25) is 0 Å². The van der Waals surface area contributed by atoms with Crippen LogP contribution in [0.3, 0.4) is 0 Å². The predicted octanol–water partition coefficient (Wildman–Crippen LogP) is 0.263. The Hall–Kier alpha value is -1.30. The Bertz CT molecular complexity index is 233. The number of nitrogens with zero attached hydrogens (tertiary/aromatic N) is 1. The summed E-state index contributed by atoms with van der Waals surface area (Å²) in [5.41, 5.74) is 0. The Morgan fingerprint density at radius 2 is 2.00 bits per heavy atom. The molecule has 1 atom stereocenters. The van der Waals surface area contributed by atoms with E-state index in [1.54, 1.807) is 0 Å². The van der Waals surface area contributed by atoms with Gasteiger partial charge in [-0.1, -0.05) is 13.3 Å². The van der Waals surface area contributed by atoms with Crippen molar-refractivity contribution in [2.45, 2.75) is 32.7 Å². The number of aliphatic hydroxyl groups is 1. The first-order valence-corrected chi connectivity index (χ1v) is 5.42. The summed E-state index contributed by atoms with van der Waals surface area (Å²) in [6.07, 6.45) is 1.76. The first kappa shape index (κ1) is 14.7. The minimum Gasteiger partial charge on any atom is -0.480 e. The lowest BCUT2D eigenvalue weighted by Gasteiger charge is -2.23. The molecule has 0 saturated carbocycles. The van der Waals surface area contributed by atoms with E-state index in [4.69, 9.17) is 10.2 Å². The van der Waals surface area contributed by atoms with Gasteiger partial charge in [-0.3, -0.25) is 4.79 Å². The van der Waals surface area contributed by atoms with Crippen LogP contribution in [0, 0.1) is 0 Å². The molecule has 0 aromatic heterocycles. The number of carboxylic acid groups (broad SMARTS) is 1. The van der Waals surface area contributed by atoms with E-state index in [2.05, 4.69) is 5.32 Å². The van der Waals surface area contributed by atoms with Crippen LogP contribution in [0.15, 0.2) is 0 Å². The van der Waals surface area contributed by atoms with Gasteiger partial charge in [-0.05, 0) is 13.3 Å². The smallest absolute Gasteiger partial charge is 0.325 e. The maximum atomic E-state index is 11.6. The lowest BCUT2D eigenvalue weighted by Crippen LogP contribution is -2.47. The molecular formula is C10H20N2O4. The second-order valence-electron chi connectivity index (χ2n) is 3.57. The Morgan fingerprint density at radius 3 is 2.44 bits per heavy atom. The Kier molecular flexibility index (Phi) is 7.28. The Balaban J connectivity index is 4.20. The summed E-state index contributed by atoms with van der Waals surface area (Å²) in [4.78, 5) is 23.6. The standard InChI is InChI=1S/C10H20N2O4/c1-3-4-5-12(6-7-13)10(16)11-8(2)9(14)15/h8,13H,3-7H2,1-2H3,(H,11,16)(H,14,15). The second-order valence-corrected chi connectivity index (χ2v) is 3.57. The van der Waals surface area contributed by atoms with Gasteiger partial charge in [0.05, 0.1) is 6.61 Å². The first-order chi connectivity index (χ1) is 7.52. The minimum absolute atomic E-state index is 0.126. The van der Waals surface area contributed by atoms with Gasteiger partial charge >= 0.3 is 12.0 Å². The molecular weight excluding hydrogens is 212 g/mol. The van der Waals surface area contributed by atoms with Crippen molar-refractivity contribution in [1.29, 1.82) is 0 Å². The highest BCUT2D eigenvalue weighted by molar-refractivity contribution is 5.82. The lowest BCUT2D eigenvalue weighted by atomic mass is 10.3. The van der Waals surface area contributed by atoms with Gasteiger partial charge in [0, 0.05) is 13.1 Å². The SMILES string of the molecule is CCCCN(CCO)C(=O)NC(C)C(=O)O. The summed E-state index contributed by atoms with van der Waals surface area (Å²) in [6.45, 7) is 4.01. The number of amides is 2. The quantitative estimate of drug-likeness (QED) is 0.587. The molecule has 0 heterocycles. The molecule has 6 heteroatoms. The van der Waals surface area contributed by atoms with Crippen LogP contribution in [0.25, 0.3) is 0 Å². The molecule has 0 rings (SSSR count). The molecule has 0 bridgehead atoms. The van der Waals surface area contributed by atoms with Gasteiger partial charge in [0.1, 0.15) is 6.04 Å². The highest BCUT2D eigenvalue weighted by Gasteiger charge is 2.18. The van der Waals surface area contributed by atoms with Gasteiger partial charge in [-0.15, -0.1) is 0 Å². The topological polar surface area (TPSA) is 89.9 Å². The minimum atomic E-state index is -1.08. The fourth-order valence-corrected chi connectivity index (χ4v) is 1.12. The van der Waals surface area contributed by atoms with Crippen molar-refractivity contribution in [2.24, 2.45) is 0 Å². The van der Waals surface area contributed by atoms with Gasteiger partial charge in [0.2, 0.25) is 0 Å². The summed E-state index contributed by atoms with van der Waals surface area (Å²) in [5, 5.41) is 19.8. The number of hydrogen-bond acceptors (Lipinski definition) is 3. The number of unbranched alkanes of at least 4 members (excludes halogenated alkanes) is 1. The highest BCUT2D eigenvalue weighted by atomic mass is 16.4. The number of carbonyl (C=O) groups is 2. The maximum Gasteiger partial charge on any atom is 0.325 e. The second kappa shape index (κ2) is 7.92. The summed E-state index contributed by atoms with van der Waals surface area (Å²) in [6, 6.07) is -1.37. The van der Waals surface area contributed by atoms with Gasteiger partial charge in [-0.2, -0.15) is 0 Å². The van der Waals surface area contributed by atoms with E-state index in [0.717, 1.165) is 12.8 Å². The van der Waals surface area contributed by atoms with Crippen molar-refractivity contribution in [3.8, 4) is 0 Å². The third-order valence-electron chi connectivity index (χ3n) is 2.15. The molecule has 1 unspecified atom stereocenters. The Morgan fingerprint density at radius 1 is 1.38 bits per heavy atom. The molecule has 6 nitrogen and oxygen atoms in total. The van der Waals surface area contributed by atoms with E-state index in [0.29, 0.717) is 6.54 Å². The van der Waals surface area contributed by atoms with Crippen LogP contribution < -0.4 is 5.32 Å². The third-order valence-corrected chi connectivity index (χ3v) is 2.15. The van der Waals surface area contributed by atoms with Gasteiger partial charge in [0.25, 0.3) is 0 Å². The molecule has 0 radical (unpaired) electrons. The van der Waals surface area contributed by atoms with Crippen molar-refractivity contribution in [1.82, 2.24) is 10.2 Å². The molecule has 0 aromatic rings. The van der Waals surface area contributed by atoms with Crippen molar-refractivity contribution < 1.29 is 19.8 Å². The fourth-order valence-electron chi connectivity index (χ4n) is 1.12. The molecule has 94 valence electrons. The van der Waals surface area contributed by atoms with Crippen LogP contribution in [0.5, 0.6) is 0 Å². The van der Waals surface area contributed by atoms with E-state index in [-0.39, 0.29) is 13.2 Å². The average Bonchev–Trinajstić information content (AvgIpc) is 2.23. The maximum absolute atomic E-state index is 11.6. The zero-order valence-corrected chi connectivity index (χ0v) is 9.77. The van der Waals surface area contributed by atoms with E-state index in [1.807, 2.05) is 6.92 Å². The molecule has 0 spiro atoms. The molecule has 3 N–H and O–H groups in total. The third kappa shape index (κ3) is 5.55. The average molecular weight is 232 g/mol. The highest BCUT2D eigenvalue weighted by Crippen LogP contribution is 1.96. The van der Waals surface area contributed by atoms with Crippen LogP contribution in [0.1, 0.15) is 26.7 Å². The molecule has 0 fully saturated rings. The molecule has 0 aliphatic carbocycles. The molecule has 0 aliphatic rings. The number of aliphatic carboxylic acids is 1. The van der Waals surface area contributed by atoms with E-state index < -0.39 is 18.0 Å². The zero-order chi connectivity index (χ0) is 12.6. The van der Waals surface area contributed by atoms with Crippen molar-refractivity contribution in [3.05, 3.63) is 0 Å². The molecule has 0 aromatic carbocycles. The van der Waals surface area contributed by atoms with Gasteiger partial charge in [-0.25, -0.2) is 4.79 Å². The van der Waals surface area contributed by atoms with Crippen LogP contribution in [-0.4, -0.2) is 52.9 Å². The van der Waals surface area contributed by atoms with Gasteiger partial charge < -0.3 is 20.4 Å². The molecule has 2 amide bonds. The van der Waals surface area contributed by atoms with Gasteiger partial charge in [0.15, 0.2) is 0 Å². The lowest BCUT2D eigenvalue weighted by molar-refractivity contribution is -0.138. The van der Waals surface area contributed by atoms with Crippen LogP contribution in [0.4, 0.5) is 4.79 Å². The fraction of sp³-hybridized carbons (Fsp3) is 0.800. The summed E-state index contributed by atoms with van der Waals surface area (Å²) >= 11 is 0. The largest absolute Gasteiger partial charge is 0.480 e. The number of nitrogens with one attached hydrogen (secondary N) is 1. The monoisotopic (exact) mass is 232 g/mol. The molecule has 0 aliphatic heterocycles. The number of urea groups is 1.